The van der Waals surface area contributed by atoms with Crippen LogP contribution in [0, 0.1) is 0 Å². The Hall–Kier alpha value is -3.07. The summed E-state index contributed by atoms with van der Waals surface area (Å²) in [7, 11) is 1.62. The Morgan fingerprint density at radius 3 is 3.08 bits per heavy atom. The fraction of sp³-hybridized carbons (Fsp3) is 0.235. The molecule has 2 aromatic heterocycles. The number of nitrogens with two attached hydrogens (primary N) is 1. The summed E-state index contributed by atoms with van der Waals surface area (Å²) in [4.78, 5) is 8.12. The van der Waals surface area contributed by atoms with Crippen molar-refractivity contribution in [2.45, 2.75) is 13.0 Å². The molecule has 0 bridgehead atoms. The summed E-state index contributed by atoms with van der Waals surface area (Å²) in [5.74, 6) is 1.79. The van der Waals surface area contributed by atoms with Crippen LogP contribution in [0.3, 0.4) is 0 Å². The predicted octanol–water partition coefficient (Wildman–Crippen LogP) is 2.85. The Labute approximate surface area is 155 Å². The number of ether oxygens (including phenoxy) is 2. The molecule has 1 aromatic carbocycles. The number of methoxy groups -OCH3 is 1. The average molecular weight is 372 g/mol. The van der Waals surface area contributed by atoms with Gasteiger partial charge in [0.25, 0.3) is 0 Å². The molecule has 0 aliphatic heterocycles. The lowest BCUT2D eigenvalue weighted by Crippen LogP contribution is -2.06. The van der Waals surface area contributed by atoms with Crippen molar-refractivity contribution in [1.29, 1.82) is 0 Å². The van der Waals surface area contributed by atoms with E-state index in [4.69, 9.17) is 15.2 Å². The second-order valence-corrected chi connectivity index (χ2v) is 6.19. The Morgan fingerprint density at radius 2 is 2.35 bits per heavy atom. The number of hydrazone groups is 1. The first-order chi connectivity index (χ1) is 12.8. The minimum Gasteiger partial charge on any atom is -0.493 e. The van der Waals surface area contributed by atoms with Crippen molar-refractivity contribution in [3.8, 4) is 11.5 Å². The Kier molecular flexibility index (Phi) is 6.05. The SMILES string of the molecule is COc1cccc(C=NNc2nc(N)cs2)c1OCCCn1ccnc1. The number of hydrogen-bond donors (Lipinski definition) is 2. The molecular weight excluding hydrogens is 352 g/mol. The van der Waals surface area contributed by atoms with Gasteiger partial charge in [-0.15, -0.1) is 11.3 Å². The normalized spacial score (nSPS) is 11.0. The molecule has 3 N–H and O–H groups in total. The van der Waals surface area contributed by atoms with E-state index in [0.717, 1.165) is 18.5 Å². The number of benzene rings is 1. The lowest BCUT2D eigenvalue weighted by molar-refractivity contribution is 0.282. The molecule has 0 aliphatic rings. The summed E-state index contributed by atoms with van der Waals surface area (Å²) >= 11 is 1.39. The van der Waals surface area contributed by atoms with Crippen molar-refractivity contribution in [1.82, 2.24) is 14.5 Å². The number of hydrogen-bond acceptors (Lipinski definition) is 8. The Morgan fingerprint density at radius 1 is 1.42 bits per heavy atom. The van der Waals surface area contributed by atoms with E-state index >= 15 is 0 Å². The first-order valence-electron chi connectivity index (χ1n) is 8.02. The van der Waals surface area contributed by atoms with E-state index in [0.29, 0.717) is 29.1 Å². The van der Waals surface area contributed by atoms with Gasteiger partial charge in [0.15, 0.2) is 11.5 Å². The van der Waals surface area contributed by atoms with Gasteiger partial charge in [-0.05, 0) is 18.6 Å². The van der Waals surface area contributed by atoms with Crippen molar-refractivity contribution in [3.63, 3.8) is 0 Å². The third kappa shape index (κ3) is 4.73. The molecule has 9 heteroatoms. The molecule has 0 saturated carbocycles. The summed E-state index contributed by atoms with van der Waals surface area (Å²) in [6.45, 7) is 1.39. The van der Waals surface area contributed by atoms with Gasteiger partial charge in [-0.2, -0.15) is 5.10 Å². The summed E-state index contributed by atoms with van der Waals surface area (Å²) in [5, 5.41) is 6.58. The largest absolute Gasteiger partial charge is 0.493 e. The topological polar surface area (TPSA) is 99.6 Å². The van der Waals surface area contributed by atoms with Gasteiger partial charge in [0, 0.05) is 29.9 Å². The summed E-state index contributed by atoms with van der Waals surface area (Å²) < 4.78 is 13.4. The summed E-state index contributed by atoms with van der Waals surface area (Å²) in [6.07, 6.45) is 8.00. The summed E-state index contributed by atoms with van der Waals surface area (Å²) in [5.41, 5.74) is 9.26. The number of aromatic nitrogens is 3. The van der Waals surface area contributed by atoms with E-state index in [1.54, 1.807) is 31.2 Å². The number of aryl methyl sites for hydroxylation is 1. The van der Waals surface area contributed by atoms with Gasteiger partial charge in [-0.25, -0.2) is 9.97 Å². The molecule has 0 aliphatic carbocycles. The van der Waals surface area contributed by atoms with Crippen molar-refractivity contribution < 1.29 is 9.47 Å². The quantitative estimate of drug-likeness (QED) is 0.340. The fourth-order valence-corrected chi connectivity index (χ4v) is 2.83. The minimum atomic E-state index is 0.469. The van der Waals surface area contributed by atoms with Crippen molar-refractivity contribution in [3.05, 3.63) is 47.9 Å². The molecule has 26 heavy (non-hydrogen) atoms. The molecule has 3 rings (SSSR count). The molecule has 0 unspecified atom stereocenters. The van der Waals surface area contributed by atoms with Gasteiger partial charge in [0.2, 0.25) is 5.13 Å². The van der Waals surface area contributed by atoms with Crippen LogP contribution in [0.15, 0.2) is 47.4 Å². The van der Waals surface area contributed by atoms with E-state index in [9.17, 15) is 0 Å². The van der Waals surface area contributed by atoms with Gasteiger partial charge in [0.1, 0.15) is 5.82 Å². The van der Waals surface area contributed by atoms with Crippen LogP contribution in [0.2, 0.25) is 0 Å². The molecule has 8 nitrogen and oxygen atoms in total. The molecular formula is C17H20N6O2S. The molecule has 0 radical (unpaired) electrons. The number of anilines is 2. The second-order valence-electron chi connectivity index (χ2n) is 5.33. The fourth-order valence-electron chi connectivity index (χ4n) is 2.28. The number of imidazole rings is 1. The van der Waals surface area contributed by atoms with E-state index in [2.05, 4.69) is 20.5 Å². The van der Waals surface area contributed by atoms with Gasteiger partial charge in [-0.1, -0.05) is 6.07 Å². The Bertz CT molecular complexity index is 847. The van der Waals surface area contributed by atoms with Crippen LogP contribution in [0.4, 0.5) is 10.9 Å². The smallest absolute Gasteiger partial charge is 0.205 e. The minimum absolute atomic E-state index is 0.469. The zero-order valence-corrected chi connectivity index (χ0v) is 15.1. The maximum absolute atomic E-state index is 5.95. The van der Waals surface area contributed by atoms with E-state index in [1.165, 1.54) is 11.3 Å². The highest BCUT2D eigenvalue weighted by atomic mass is 32.1. The highest BCUT2D eigenvalue weighted by Gasteiger charge is 2.09. The lowest BCUT2D eigenvalue weighted by Gasteiger charge is -2.13. The van der Waals surface area contributed by atoms with Gasteiger partial charge < -0.3 is 19.8 Å². The average Bonchev–Trinajstić information content (AvgIpc) is 3.31. The molecule has 136 valence electrons. The molecule has 0 saturated heterocycles. The van der Waals surface area contributed by atoms with Gasteiger partial charge in [-0.3, -0.25) is 5.43 Å². The van der Waals surface area contributed by atoms with Crippen LogP contribution in [-0.4, -0.2) is 34.5 Å². The number of para-hydroxylation sites is 1. The van der Waals surface area contributed by atoms with Crippen molar-refractivity contribution in [2.75, 3.05) is 24.9 Å². The van der Waals surface area contributed by atoms with Crippen molar-refractivity contribution >= 4 is 28.5 Å². The van der Waals surface area contributed by atoms with E-state index in [-0.39, 0.29) is 0 Å². The lowest BCUT2D eigenvalue weighted by atomic mass is 10.2. The number of rotatable bonds is 9. The third-order valence-corrected chi connectivity index (χ3v) is 4.25. The second kappa shape index (κ2) is 8.86. The standard InChI is InChI=1S/C17H20N6O2S/c1-24-14-5-2-4-13(10-20-22-17-21-15(18)11-26-17)16(14)25-9-3-7-23-8-6-19-12-23/h2,4-6,8,10-12H,3,7,9,18H2,1H3,(H,21,22). The van der Waals surface area contributed by atoms with Crippen LogP contribution in [-0.2, 0) is 6.54 Å². The van der Waals surface area contributed by atoms with Crippen LogP contribution < -0.4 is 20.6 Å². The van der Waals surface area contributed by atoms with Crippen molar-refractivity contribution in [2.24, 2.45) is 5.10 Å². The molecule has 0 amide bonds. The Balaban J connectivity index is 1.62. The maximum Gasteiger partial charge on any atom is 0.205 e. The zero-order valence-electron chi connectivity index (χ0n) is 14.3. The first kappa shape index (κ1) is 17.7. The van der Waals surface area contributed by atoms with E-state index in [1.807, 2.05) is 29.0 Å². The monoisotopic (exact) mass is 372 g/mol. The number of thiazole rings is 1. The van der Waals surface area contributed by atoms with E-state index < -0.39 is 0 Å². The third-order valence-electron chi connectivity index (χ3n) is 3.48. The predicted molar refractivity (Wildman–Crippen MR) is 103 cm³/mol. The maximum atomic E-state index is 5.95. The van der Waals surface area contributed by atoms with Crippen LogP contribution in [0.5, 0.6) is 11.5 Å². The highest BCUT2D eigenvalue weighted by Crippen LogP contribution is 2.30. The zero-order chi connectivity index (χ0) is 18.2. The van der Waals surface area contributed by atoms with Gasteiger partial charge >= 0.3 is 0 Å². The summed E-state index contributed by atoms with van der Waals surface area (Å²) in [6, 6.07) is 5.66. The molecule has 0 fully saturated rings. The first-order valence-corrected chi connectivity index (χ1v) is 8.90. The van der Waals surface area contributed by atoms with Crippen LogP contribution >= 0.6 is 11.3 Å². The molecule has 3 aromatic rings. The van der Waals surface area contributed by atoms with Crippen LogP contribution in [0.25, 0.3) is 0 Å². The molecule has 0 atom stereocenters. The number of nitrogens with zero attached hydrogens (tertiary/aromatic N) is 4. The molecule has 2 heterocycles. The number of nitrogen functional groups attached to an aromatic ring is 1. The number of nitrogens with one attached hydrogen (secondary N) is 1. The van der Waals surface area contributed by atoms with Crippen LogP contribution in [0.1, 0.15) is 12.0 Å². The highest BCUT2D eigenvalue weighted by molar-refractivity contribution is 7.14. The van der Waals surface area contributed by atoms with Gasteiger partial charge in [0.05, 0.1) is 26.3 Å². The molecule has 0 spiro atoms.